The first kappa shape index (κ1) is 19.0. The molecule has 136 valence electrons. The van der Waals surface area contributed by atoms with Gasteiger partial charge in [0.25, 0.3) is 0 Å². The monoisotopic (exact) mass is 336 g/mol. The van der Waals surface area contributed by atoms with E-state index >= 15 is 0 Å². The van der Waals surface area contributed by atoms with Gasteiger partial charge < -0.3 is 9.47 Å². The third kappa shape index (κ3) is 3.12. The van der Waals surface area contributed by atoms with Crippen LogP contribution in [0.2, 0.25) is 0 Å². The number of carbonyl (C=O) groups is 2. The van der Waals surface area contributed by atoms with Gasteiger partial charge in [0.1, 0.15) is 13.2 Å². The van der Waals surface area contributed by atoms with Gasteiger partial charge >= 0.3 is 11.9 Å². The van der Waals surface area contributed by atoms with Gasteiger partial charge in [-0.1, -0.05) is 53.4 Å². The summed E-state index contributed by atoms with van der Waals surface area (Å²) in [6, 6.07) is 0. The Hall–Kier alpha value is -1.32. The van der Waals surface area contributed by atoms with Crippen LogP contribution in [0.5, 0.6) is 0 Å². The number of unbranched alkanes of at least 4 members (excludes halogenated alkanes) is 2. The van der Waals surface area contributed by atoms with Gasteiger partial charge in [-0.3, -0.25) is 0 Å². The van der Waals surface area contributed by atoms with Crippen LogP contribution in [-0.2, 0) is 19.1 Å². The maximum absolute atomic E-state index is 12.6. The van der Waals surface area contributed by atoms with Crippen LogP contribution in [0.1, 0.15) is 79.1 Å². The fourth-order valence-corrected chi connectivity index (χ4v) is 4.20. The zero-order chi connectivity index (χ0) is 17.8. The maximum Gasteiger partial charge on any atom is 0.335 e. The Balaban J connectivity index is 2.57. The predicted octanol–water partition coefficient (Wildman–Crippen LogP) is 4.57. The molecule has 2 saturated heterocycles. The fraction of sp³-hybridized carbons (Fsp3) is 0.800. The molecule has 0 radical (unpaired) electrons. The normalized spacial score (nSPS) is 33.0. The first-order valence-corrected chi connectivity index (χ1v) is 9.59. The molecule has 4 heteroatoms. The maximum atomic E-state index is 12.6. The lowest BCUT2D eigenvalue weighted by atomic mass is 9.67. The number of carbonyl (C=O) groups excluding carboxylic acids is 2. The number of ether oxygens (including phenoxy) is 2. The summed E-state index contributed by atoms with van der Waals surface area (Å²) in [7, 11) is 0. The van der Waals surface area contributed by atoms with Gasteiger partial charge in [-0.2, -0.15) is 0 Å². The van der Waals surface area contributed by atoms with Crippen LogP contribution in [-0.4, -0.2) is 25.2 Å². The first-order chi connectivity index (χ1) is 11.5. The molecule has 0 spiro atoms. The first-order valence-electron chi connectivity index (χ1n) is 9.59. The predicted molar refractivity (Wildman–Crippen MR) is 93.4 cm³/mol. The van der Waals surface area contributed by atoms with E-state index in [9.17, 15) is 9.59 Å². The Morgan fingerprint density at radius 3 is 1.42 bits per heavy atom. The SMILES string of the molecule is CCCCC1(CC)COC(=O)/C1=C1\C(=O)OCC1(CC)CCCC. The fourth-order valence-electron chi connectivity index (χ4n) is 4.20. The molecule has 2 aliphatic rings. The van der Waals surface area contributed by atoms with Crippen LogP contribution in [0.15, 0.2) is 11.1 Å². The number of cyclic esters (lactones) is 2. The minimum Gasteiger partial charge on any atom is -0.461 e. The second-order valence-corrected chi connectivity index (χ2v) is 7.38. The quantitative estimate of drug-likeness (QED) is 0.481. The molecule has 0 N–H and O–H groups in total. The lowest BCUT2D eigenvalue weighted by Gasteiger charge is -2.32. The molecule has 0 saturated carbocycles. The largest absolute Gasteiger partial charge is 0.461 e. The molecule has 0 aromatic heterocycles. The Labute approximate surface area is 146 Å². The molecule has 2 aliphatic heterocycles. The zero-order valence-corrected chi connectivity index (χ0v) is 15.7. The standard InChI is InChI=1S/C20H32O4/c1-5-9-11-19(7-3)13-23-17(21)15(19)16-18(22)24-14-20(16,8-4)12-10-6-2/h5-14H2,1-4H3/b16-15-. The van der Waals surface area contributed by atoms with Crippen LogP contribution >= 0.6 is 0 Å². The number of hydrogen-bond acceptors (Lipinski definition) is 4. The summed E-state index contributed by atoms with van der Waals surface area (Å²) in [5.74, 6) is -0.591. The van der Waals surface area contributed by atoms with Crippen molar-refractivity contribution in [1.29, 1.82) is 0 Å². The van der Waals surface area contributed by atoms with Crippen molar-refractivity contribution in [3.63, 3.8) is 0 Å². The molecule has 0 aliphatic carbocycles. The van der Waals surface area contributed by atoms with E-state index < -0.39 is 0 Å². The Morgan fingerprint density at radius 1 is 0.750 bits per heavy atom. The summed E-state index contributed by atoms with van der Waals surface area (Å²) >= 11 is 0. The average Bonchev–Trinajstić information content (AvgIpc) is 3.09. The van der Waals surface area contributed by atoms with E-state index in [1.165, 1.54) is 0 Å². The number of esters is 2. The van der Waals surface area contributed by atoms with Crippen LogP contribution in [0.4, 0.5) is 0 Å². The highest BCUT2D eigenvalue weighted by Crippen LogP contribution is 2.52. The van der Waals surface area contributed by atoms with E-state index in [4.69, 9.17) is 9.47 Å². The number of rotatable bonds is 8. The van der Waals surface area contributed by atoms with Crippen molar-refractivity contribution in [3.8, 4) is 0 Å². The van der Waals surface area contributed by atoms with Crippen LogP contribution < -0.4 is 0 Å². The third-order valence-corrected chi connectivity index (χ3v) is 6.05. The molecular formula is C20H32O4. The van der Waals surface area contributed by atoms with Gasteiger partial charge in [-0.15, -0.1) is 0 Å². The highest BCUT2D eigenvalue weighted by molar-refractivity contribution is 6.04. The van der Waals surface area contributed by atoms with E-state index in [1.807, 2.05) is 0 Å². The Kier molecular flexibility index (Phi) is 6.11. The van der Waals surface area contributed by atoms with Crippen molar-refractivity contribution < 1.29 is 19.1 Å². The van der Waals surface area contributed by atoms with Crippen LogP contribution in [0, 0.1) is 10.8 Å². The molecule has 2 fully saturated rings. The molecule has 2 rings (SSSR count). The van der Waals surface area contributed by atoms with E-state index in [-0.39, 0.29) is 22.8 Å². The molecule has 2 unspecified atom stereocenters. The molecule has 0 aromatic rings. The minimum atomic E-state index is -0.321. The Morgan fingerprint density at radius 2 is 1.12 bits per heavy atom. The van der Waals surface area contributed by atoms with Gasteiger partial charge in [0.2, 0.25) is 0 Å². The lowest BCUT2D eigenvalue weighted by Crippen LogP contribution is -2.31. The van der Waals surface area contributed by atoms with Crippen molar-refractivity contribution in [2.75, 3.05) is 13.2 Å². The van der Waals surface area contributed by atoms with Crippen molar-refractivity contribution in [2.24, 2.45) is 10.8 Å². The van der Waals surface area contributed by atoms with Crippen molar-refractivity contribution >= 4 is 11.9 Å². The molecule has 0 amide bonds. The molecule has 24 heavy (non-hydrogen) atoms. The van der Waals surface area contributed by atoms with Crippen molar-refractivity contribution in [3.05, 3.63) is 11.1 Å². The van der Waals surface area contributed by atoms with E-state index in [1.54, 1.807) is 0 Å². The van der Waals surface area contributed by atoms with Crippen molar-refractivity contribution in [1.82, 2.24) is 0 Å². The Bertz CT molecular complexity index is 476. The third-order valence-electron chi connectivity index (χ3n) is 6.05. The summed E-state index contributed by atoms with van der Waals surface area (Å²) in [5, 5.41) is 0. The topological polar surface area (TPSA) is 52.6 Å². The number of hydrogen-bond donors (Lipinski definition) is 0. The summed E-state index contributed by atoms with van der Waals surface area (Å²) in [4.78, 5) is 25.3. The van der Waals surface area contributed by atoms with E-state index in [2.05, 4.69) is 27.7 Å². The van der Waals surface area contributed by atoms with Crippen LogP contribution in [0.25, 0.3) is 0 Å². The second-order valence-electron chi connectivity index (χ2n) is 7.38. The summed E-state index contributed by atoms with van der Waals surface area (Å²) < 4.78 is 10.9. The highest BCUT2D eigenvalue weighted by atomic mass is 16.5. The zero-order valence-electron chi connectivity index (χ0n) is 15.7. The molecular weight excluding hydrogens is 304 g/mol. The smallest absolute Gasteiger partial charge is 0.335 e. The van der Waals surface area contributed by atoms with Crippen molar-refractivity contribution in [2.45, 2.75) is 79.1 Å². The molecule has 2 atom stereocenters. The van der Waals surface area contributed by atoms with Gasteiger partial charge in [0.05, 0.1) is 11.1 Å². The van der Waals surface area contributed by atoms with Crippen LogP contribution in [0.3, 0.4) is 0 Å². The van der Waals surface area contributed by atoms with E-state index in [0.717, 1.165) is 51.4 Å². The average molecular weight is 336 g/mol. The molecule has 0 aromatic carbocycles. The summed E-state index contributed by atoms with van der Waals surface area (Å²) in [6.45, 7) is 9.30. The molecule has 0 bridgehead atoms. The lowest BCUT2D eigenvalue weighted by molar-refractivity contribution is -0.137. The van der Waals surface area contributed by atoms with E-state index in [0.29, 0.717) is 24.4 Å². The summed E-state index contributed by atoms with van der Waals surface area (Å²) in [5.41, 5.74) is 0.634. The van der Waals surface area contributed by atoms with Gasteiger partial charge in [-0.05, 0) is 25.7 Å². The van der Waals surface area contributed by atoms with Gasteiger partial charge in [-0.25, -0.2) is 9.59 Å². The summed E-state index contributed by atoms with van der Waals surface area (Å²) in [6.07, 6.45) is 7.62. The molecule has 2 heterocycles. The minimum absolute atomic E-state index is 0.295. The highest BCUT2D eigenvalue weighted by Gasteiger charge is 2.54. The second kappa shape index (κ2) is 7.71. The van der Waals surface area contributed by atoms with Gasteiger partial charge in [0, 0.05) is 10.8 Å². The van der Waals surface area contributed by atoms with Gasteiger partial charge in [0.15, 0.2) is 0 Å². The molecule has 4 nitrogen and oxygen atoms in total.